The summed E-state index contributed by atoms with van der Waals surface area (Å²) >= 11 is 1.52. The summed E-state index contributed by atoms with van der Waals surface area (Å²) in [6.45, 7) is 3.48. The molecule has 1 amide bonds. The van der Waals surface area contributed by atoms with Crippen LogP contribution >= 0.6 is 11.3 Å². The van der Waals surface area contributed by atoms with Crippen molar-refractivity contribution < 1.29 is 19.1 Å². The molecule has 0 spiro atoms. The van der Waals surface area contributed by atoms with E-state index >= 15 is 0 Å². The zero-order chi connectivity index (χ0) is 17.3. The van der Waals surface area contributed by atoms with E-state index in [-0.39, 0.29) is 18.3 Å². The second-order valence-corrected chi connectivity index (χ2v) is 7.21. The van der Waals surface area contributed by atoms with Crippen molar-refractivity contribution in [2.24, 2.45) is 0 Å². The lowest BCUT2D eigenvalue weighted by Gasteiger charge is -2.17. The van der Waals surface area contributed by atoms with Crippen molar-refractivity contribution in [3.8, 4) is 0 Å². The predicted molar refractivity (Wildman–Crippen MR) is 91.8 cm³/mol. The van der Waals surface area contributed by atoms with Crippen LogP contribution in [0, 0.1) is 13.8 Å². The molecule has 0 unspecified atom stereocenters. The molecule has 0 saturated carbocycles. The maximum atomic E-state index is 12.3. The number of aryl methyl sites for hydroxylation is 3. The van der Waals surface area contributed by atoms with Crippen LogP contribution in [0.2, 0.25) is 0 Å². The van der Waals surface area contributed by atoms with E-state index in [0.717, 1.165) is 21.0 Å². The van der Waals surface area contributed by atoms with Gasteiger partial charge in [-0.1, -0.05) is 0 Å². The highest BCUT2D eigenvalue weighted by atomic mass is 32.1. The highest BCUT2D eigenvalue weighted by Crippen LogP contribution is 2.24. The Morgan fingerprint density at radius 2 is 2.00 bits per heavy atom. The summed E-state index contributed by atoms with van der Waals surface area (Å²) in [5.41, 5.74) is 2.66. The van der Waals surface area contributed by atoms with Crippen molar-refractivity contribution in [2.45, 2.75) is 26.7 Å². The van der Waals surface area contributed by atoms with Crippen LogP contribution in [0.15, 0.2) is 24.3 Å². The number of nitrogens with one attached hydrogen (secondary N) is 1. The number of ether oxygens (including phenoxy) is 1. The van der Waals surface area contributed by atoms with E-state index in [4.69, 9.17) is 4.74 Å². The Bertz CT molecular complexity index is 838. The number of esters is 1. The van der Waals surface area contributed by atoms with Crippen LogP contribution in [0.3, 0.4) is 0 Å². The first-order chi connectivity index (χ1) is 11.4. The number of amides is 1. The third-order valence-corrected chi connectivity index (χ3v) is 4.88. The van der Waals surface area contributed by atoms with Gasteiger partial charge >= 0.3 is 5.97 Å². The molecule has 1 aromatic carbocycles. The van der Waals surface area contributed by atoms with Gasteiger partial charge in [0.1, 0.15) is 0 Å². The van der Waals surface area contributed by atoms with Gasteiger partial charge in [0.15, 0.2) is 12.4 Å². The number of hydrogen-bond acceptors (Lipinski definition) is 5. The molecule has 2 aromatic rings. The molecular weight excluding hydrogens is 326 g/mol. The topological polar surface area (TPSA) is 72.5 Å². The van der Waals surface area contributed by atoms with E-state index in [0.29, 0.717) is 24.0 Å². The van der Waals surface area contributed by atoms with E-state index in [2.05, 4.69) is 5.32 Å². The third kappa shape index (κ3) is 3.38. The second kappa shape index (κ2) is 6.57. The summed E-state index contributed by atoms with van der Waals surface area (Å²) < 4.78 is 5.15. The van der Waals surface area contributed by atoms with Gasteiger partial charge in [-0.2, -0.15) is 0 Å². The Labute approximate surface area is 143 Å². The summed E-state index contributed by atoms with van der Waals surface area (Å²) in [4.78, 5) is 37.6. The zero-order valence-corrected chi connectivity index (χ0v) is 14.3. The summed E-state index contributed by atoms with van der Waals surface area (Å²) in [5.74, 6) is -0.750. The predicted octanol–water partition coefficient (Wildman–Crippen LogP) is 3.29. The number of thiophene rings is 1. The van der Waals surface area contributed by atoms with Crippen LogP contribution in [0.5, 0.6) is 0 Å². The van der Waals surface area contributed by atoms with Crippen LogP contribution in [0.1, 0.15) is 42.5 Å². The lowest BCUT2D eigenvalue weighted by Crippen LogP contribution is -2.20. The zero-order valence-electron chi connectivity index (χ0n) is 13.5. The molecule has 1 aliphatic heterocycles. The maximum absolute atomic E-state index is 12.3. The molecule has 0 bridgehead atoms. The van der Waals surface area contributed by atoms with Crippen LogP contribution in [0.25, 0.3) is 0 Å². The normalized spacial score (nSPS) is 13.2. The van der Waals surface area contributed by atoms with E-state index in [1.165, 1.54) is 11.3 Å². The summed E-state index contributed by atoms with van der Waals surface area (Å²) in [7, 11) is 0. The number of carbonyl (C=O) groups excluding carboxylic acids is 3. The van der Waals surface area contributed by atoms with Crippen molar-refractivity contribution in [2.75, 3.05) is 11.9 Å². The monoisotopic (exact) mass is 343 g/mol. The standard InChI is InChI=1S/C18H17NO4S/c1-10-7-14(11(2)24-10)18(22)23-9-16(20)13-3-5-15-12(8-13)4-6-17(21)19-15/h3,5,7-8H,4,6,9H2,1-2H3,(H,19,21). The molecule has 0 atom stereocenters. The van der Waals surface area contributed by atoms with Crippen molar-refractivity contribution in [1.29, 1.82) is 0 Å². The fraction of sp³-hybridized carbons (Fsp3) is 0.278. The Hall–Kier alpha value is -2.47. The van der Waals surface area contributed by atoms with Crippen molar-refractivity contribution >= 4 is 34.7 Å². The van der Waals surface area contributed by atoms with Gasteiger partial charge in [0, 0.05) is 27.4 Å². The Morgan fingerprint density at radius 3 is 2.71 bits per heavy atom. The van der Waals surface area contributed by atoms with E-state index < -0.39 is 5.97 Å². The molecule has 0 saturated heterocycles. The fourth-order valence-electron chi connectivity index (χ4n) is 2.68. The van der Waals surface area contributed by atoms with Gasteiger partial charge < -0.3 is 10.1 Å². The minimum Gasteiger partial charge on any atom is -0.454 e. The van der Waals surface area contributed by atoms with Crippen LogP contribution < -0.4 is 5.32 Å². The molecule has 1 aliphatic rings. The lowest BCUT2D eigenvalue weighted by molar-refractivity contribution is -0.116. The molecule has 0 aliphatic carbocycles. The Balaban J connectivity index is 1.66. The molecule has 24 heavy (non-hydrogen) atoms. The Kier molecular flexibility index (Phi) is 4.49. The van der Waals surface area contributed by atoms with Gasteiger partial charge in [-0.05, 0) is 50.1 Å². The number of carbonyl (C=O) groups is 3. The molecule has 6 heteroatoms. The minimum absolute atomic E-state index is 0.0167. The van der Waals surface area contributed by atoms with E-state index in [9.17, 15) is 14.4 Å². The minimum atomic E-state index is -0.476. The van der Waals surface area contributed by atoms with Gasteiger partial charge in [-0.15, -0.1) is 11.3 Å². The van der Waals surface area contributed by atoms with Gasteiger partial charge in [0.2, 0.25) is 5.91 Å². The van der Waals surface area contributed by atoms with Crippen LogP contribution in [-0.4, -0.2) is 24.3 Å². The first-order valence-corrected chi connectivity index (χ1v) is 8.46. The van der Waals surface area contributed by atoms with Gasteiger partial charge in [0.05, 0.1) is 5.56 Å². The van der Waals surface area contributed by atoms with Crippen molar-refractivity contribution in [1.82, 2.24) is 0 Å². The smallest absolute Gasteiger partial charge is 0.339 e. The molecule has 1 aromatic heterocycles. The summed E-state index contributed by atoms with van der Waals surface area (Å²) in [6, 6.07) is 6.88. The first kappa shape index (κ1) is 16.4. The fourth-order valence-corrected chi connectivity index (χ4v) is 3.59. The average Bonchev–Trinajstić information content (AvgIpc) is 2.90. The second-order valence-electron chi connectivity index (χ2n) is 5.75. The van der Waals surface area contributed by atoms with Gasteiger partial charge in [-0.25, -0.2) is 4.79 Å². The molecule has 3 rings (SSSR count). The number of hydrogen-bond donors (Lipinski definition) is 1. The summed E-state index contributed by atoms with van der Waals surface area (Å²) in [5, 5.41) is 2.77. The molecule has 5 nitrogen and oxygen atoms in total. The first-order valence-electron chi connectivity index (χ1n) is 7.64. The molecular formula is C18H17NO4S. The highest BCUT2D eigenvalue weighted by molar-refractivity contribution is 7.12. The van der Waals surface area contributed by atoms with E-state index in [1.54, 1.807) is 24.3 Å². The number of fused-ring (bicyclic) bond motifs is 1. The SMILES string of the molecule is Cc1cc(C(=O)OCC(=O)c2ccc3c(c2)CCC(=O)N3)c(C)s1. The largest absolute Gasteiger partial charge is 0.454 e. The molecule has 1 N–H and O–H groups in total. The van der Waals surface area contributed by atoms with E-state index in [1.807, 2.05) is 13.8 Å². The van der Waals surface area contributed by atoms with Gasteiger partial charge in [-0.3, -0.25) is 9.59 Å². The molecule has 124 valence electrons. The molecule has 0 radical (unpaired) electrons. The number of benzene rings is 1. The molecule has 0 fully saturated rings. The Morgan fingerprint density at radius 1 is 1.21 bits per heavy atom. The van der Waals surface area contributed by atoms with Crippen LogP contribution in [-0.2, 0) is 16.0 Å². The van der Waals surface area contributed by atoms with Gasteiger partial charge in [0.25, 0.3) is 0 Å². The lowest BCUT2D eigenvalue weighted by atomic mass is 9.99. The summed E-state index contributed by atoms with van der Waals surface area (Å²) in [6.07, 6.45) is 1.02. The number of Topliss-reactive ketones (excluding diaryl/α,β-unsaturated/α-hetero) is 1. The number of rotatable bonds is 4. The average molecular weight is 343 g/mol. The highest BCUT2D eigenvalue weighted by Gasteiger charge is 2.19. The van der Waals surface area contributed by atoms with Crippen molar-refractivity contribution in [3.63, 3.8) is 0 Å². The van der Waals surface area contributed by atoms with Crippen LogP contribution in [0.4, 0.5) is 5.69 Å². The number of ketones is 1. The van der Waals surface area contributed by atoms with Crippen molar-refractivity contribution in [3.05, 3.63) is 50.7 Å². The number of anilines is 1. The molecule has 2 heterocycles. The quantitative estimate of drug-likeness (QED) is 0.683. The third-order valence-electron chi connectivity index (χ3n) is 3.92. The maximum Gasteiger partial charge on any atom is 0.339 e.